The van der Waals surface area contributed by atoms with Crippen LogP contribution in [0.3, 0.4) is 0 Å². The predicted molar refractivity (Wildman–Crippen MR) is 79.6 cm³/mol. The number of aryl methyl sites for hydroxylation is 1. The zero-order valence-electron chi connectivity index (χ0n) is 12.1. The van der Waals surface area contributed by atoms with Crippen LogP contribution in [0.15, 0.2) is 17.0 Å². The van der Waals surface area contributed by atoms with Crippen LogP contribution in [0, 0.1) is 13.8 Å². The Bertz CT molecular complexity index is 578. The van der Waals surface area contributed by atoms with Gasteiger partial charge in [-0.25, -0.2) is 13.4 Å². The van der Waals surface area contributed by atoms with Crippen LogP contribution >= 0.6 is 0 Å². The molecule has 0 amide bonds. The minimum absolute atomic E-state index is 0.337. The van der Waals surface area contributed by atoms with Gasteiger partial charge >= 0.3 is 0 Å². The minimum atomic E-state index is -3.53. The van der Waals surface area contributed by atoms with Crippen molar-refractivity contribution in [2.45, 2.75) is 44.6 Å². The van der Waals surface area contributed by atoms with Crippen LogP contribution < -0.4 is 10.6 Å². The summed E-state index contributed by atoms with van der Waals surface area (Å²) in [5, 5.41) is 1.79. The molecular formula is C14H23N3O2S. The lowest BCUT2D eigenvalue weighted by Gasteiger charge is -2.27. The maximum absolute atomic E-state index is 12.5. The van der Waals surface area contributed by atoms with Crippen molar-refractivity contribution in [1.29, 1.82) is 0 Å². The molecule has 0 unspecified atom stereocenters. The van der Waals surface area contributed by atoms with Crippen molar-refractivity contribution in [3.8, 4) is 0 Å². The molecule has 0 saturated carbocycles. The van der Waals surface area contributed by atoms with Crippen molar-refractivity contribution >= 4 is 10.0 Å². The quantitative estimate of drug-likeness (QED) is 0.882. The second-order valence-electron chi connectivity index (χ2n) is 5.38. The molecule has 0 atom stereocenters. The van der Waals surface area contributed by atoms with E-state index in [1.165, 1.54) is 6.42 Å². The highest BCUT2D eigenvalue weighted by molar-refractivity contribution is 7.89. The zero-order chi connectivity index (χ0) is 14.8. The van der Waals surface area contributed by atoms with Crippen molar-refractivity contribution in [3.05, 3.63) is 28.8 Å². The molecule has 1 aromatic carbocycles. The Labute approximate surface area is 121 Å². The summed E-state index contributed by atoms with van der Waals surface area (Å²) in [6.45, 7) is 5.63. The van der Waals surface area contributed by atoms with Crippen LogP contribution in [0.4, 0.5) is 0 Å². The molecule has 1 aliphatic rings. The molecule has 0 spiro atoms. The first-order valence-electron chi connectivity index (χ1n) is 7.01. The Morgan fingerprint density at radius 3 is 2.45 bits per heavy atom. The number of nitrogens with zero attached hydrogens (tertiary/aromatic N) is 1. The molecule has 0 bridgehead atoms. The molecule has 5 nitrogen and oxygen atoms in total. The van der Waals surface area contributed by atoms with E-state index >= 15 is 0 Å². The average Bonchev–Trinajstić information content (AvgIpc) is 2.42. The standard InChI is InChI=1S/C14H23N3O2S/c1-11-8-13(10-15)9-14(12(11)2)20(18,19)16-17-6-4-3-5-7-17/h8-9,16H,3-7,10,15H2,1-2H3. The van der Waals surface area contributed by atoms with Crippen LogP contribution in [0.2, 0.25) is 0 Å². The van der Waals surface area contributed by atoms with Gasteiger partial charge in [-0.2, -0.15) is 0 Å². The summed E-state index contributed by atoms with van der Waals surface area (Å²) in [6, 6.07) is 3.61. The third-order valence-electron chi connectivity index (χ3n) is 3.81. The Morgan fingerprint density at radius 1 is 1.20 bits per heavy atom. The minimum Gasteiger partial charge on any atom is -0.326 e. The molecule has 1 heterocycles. The topological polar surface area (TPSA) is 75.4 Å². The highest BCUT2D eigenvalue weighted by Gasteiger charge is 2.22. The third-order valence-corrected chi connectivity index (χ3v) is 5.31. The van der Waals surface area contributed by atoms with Gasteiger partial charge < -0.3 is 5.73 Å². The van der Waals surface area contributed by atoms with Gasteiger partial charge in [-0.15, -0.1) is 4.83 Å². The van der Waals surface area contributed by atoms with Gasteiger partial charge in [0.25, 0.3) is 10.0 Å². The fraction of sp³-hybridized carbons (Fsp3) is 0.571. The maximum Gasteiger partial charge on any atom is 0.253 e. The first-order valence-corrected chi connectivity index (χ1v) is 8.50. The maximum atomic E-state index is 12.5. The van der Waals surface area contributed by atoms with Crippen LogP contribution in [0.1, 0.15) is 36.0 Å². The first-order chi connectivity index (χ1) is 9.44. The lowest BCUT2D eigenvalue weighted by Crippen LogP contribution is -2.45. The van der Waals surface area contributed by atoms with Gasteiger partial charge in [0.2, 0.25) is 0 Å². The van der Waals surface area contributed by atoms with E-state index in [0.717, 1.165) is 42.6 Å². The van der Waals surface area contributed by atoms with E-state index in [-0.39, 0.29) is 0 Å². The van der Waals surface area contributed by atoms with Gasteiger partial charge in [0.15, 0.2) is 0 Å². The van der Waals surface area contributed by atoms with Crippen LogP contribution in [-0.4, -0.2) is 26.5 Å². The molecule has 2 rings (SSSR count). The van der Waals surface area contributed by atoms with Crippen LogP contribution in [0.25, 0.3) is 0 Å². The number of sulfonamides is 1. The lowest BCUT2D eigenvalue weighted by molar-refractivity contribution is 0.200. The van der Waals surface area contributed by atoms with E-state index in [1.54, 1.807) is 11.1 Å². The highest BCUT2D eigenvalue weighted by atomic mass is 32.2. The Hall–Kier alpha value is -0.950. The summed E-state index contributed by atoms with van der Waals surface area (Å²) in [5.41, 5.74) is 8.21. The summed E-state index contributed by atoms with van der Waals surface area (Å²) < 4.78 is 25.1. The number of rotatable bonds is 4. The summed E-state index contributed by atoms with van der Waals surface area (Å²) in [5.74, 6) is 0. The molecule has 112 valence electrons. The number of nitrogens with two attached hydrogens (primary N) is 1. The Balaban J connectivity index is 2.30. The van der Waals surface area contributed by atoms with Crippen molar-refractivity contribution in [2.24, 2.45) is 5.73 Å². The van der Waals surface area contributed by atoms with Crippen molar-refractivity contribution < 1.29 is 8.42 Å². The van der Waals surface area contributed by atoms with Gasteiger partial charge in [-0.05, 0) is 49.4 Å². The van der Waals surface area contributed by atoms with Gasteiger partial charge in [0, 0.05) is 19.6 Å². The number of hydrogen-bond acceptors (Lipinski definition) is 4. The van der Waals surface area contributed by atoms with E-state index in [2.05, 4.69) is 4.83 Å². The molecule has 20 heavy (non-hydrogen) atoms. The SMILES string of the molecule is Cc1cc(CN)cc(S(=O)(=O)NN2CCCCC2)c1C. The van der Waals surface area contributed by atoms with Gasteiger partial charge in [0.1, 0.15) is 0 Å². The molecule has 3 N–H and O–H groups in total. The molecular weight excluding hydrogens is 274 g/mol. The monoisotopic (exact) mass is 297 g/mol. The number of piperidine rings is 1. The molecule has 0 aliphatic carbocycles. The smallest absolute Gasteiger partial charge is 0.253 e. The molecule has 1 saturated heterocycles. The fourth-order valence-corrected chi connectivity index (χ4v) is 3.99. The average molecular weight is 297 g/mol. The summed E-state index contributed by atoms with van der Waals surface area (Å²) >= 11 is 0. The van der Waals surface area contributed by atoms with Crippen LogP contribution in [-0.2, 0) is 16.6 Å². The molecule has 0 radical (unpaired) electrons. The fourth-order valence-electron chi connectivity index (χ4n) is 2.50. The second kappa shape index (κ2) is 6.22. The number of benzene rings is 1. The Morgan fingerprint density at radius 2 is 1.85 bits per heavy atom. The zero-order valence-corrected chi connectivity index (χ0v) is 13.0. The third kappa shape index (κ3) is 3.38. The van der Waals surface area contributed by atoms with Crippen molar-refractivity contribution in [3.63, 3.8) is 0 Å². The summed E-state index contributed by atoms with van der Waals surface area (Å²) in [4.78, 5) is 3.03. The van der Waals surface area contributed by atoms with E-state index in [0.29, 0.717) is 11.4 Å². The van der Waals surface area contributed by atoms with E-state index < -0.39 is 10.0 Å². The largest absolute Gasteiger partial charge is 0.326 e. The predicted octanol–water partition coefficient (Wildman–Crippen LogP) is 1.44. The molecule has 1 aliphatic heterocycles. The molecule has 1 fully saturated rings. The Kier molecular flexibility index (Phi) is 4.80. The highest BCUT2D eigenvalue weighted by Crippen LogP contribution is 2.21. The van der Waals surface area contributed by atoms with Crippen molar-refractivity contribution in [2.75, 3.05) is 13.1 Å². The number of nitrogens with one attached hydrogen (secondary N) is 1. The second-order valence-corrected chi connectivity index (χ2v) is 7.01. The van der Waals surface area contributed by atoms with Gasteiger partial charge in [-0.1, -0.05) is 12.5 Å². The van der Waals surface area contributed by atoms with Gasteiger partial charge in [-0.3, -0.25) is 0 Å². The van der Waals surface area contributed by atoms with E-state index in [9.17, 15) is 8.42 Å². The van der Waals surface area contributed by atoms with Crippen LogP contribution in [0.5, 0.6) is 0 Å². The lowest BCUT2D eigenvalue weighted by atomic mass is 10.1. The molecule has 1 aromatic rings. The molecule has 0 aromatic heterocycles. The van der Waals surface area contributed by atoms with E-state index in [1.807, 2.05) is 19.9 Å². The van der Waals surface area contributed by atoms with E-state index in [4.69, 9.17) is 5.73 Å². The number of hydrazine groups is 1. The van der Waals surface area contributed by atoms with Gasteiger partial charge in [0.05, 0.1) is 4.90 Å². The summed E-state index contributed by atoms with van der Waals surface area (Å²) in [6.07, 6.45) is 3.23. The molecule has 6 heteroatoms. The normalized spacial score (nSPS) is 17.4. The first kappa shape index (κ1) is 15.4. The number of hydrogen-bond donors (Lipinski definition) is 2. The summed E-state index contributed by atoms with van der Waals surface area (Å²) in [7, 11) is -3.53. The van der Waals surface area contributed by atoms with Crippen molar-refractivity contribution in [1.82, 2.24) is 9.84 Å².